The van der Waals surface area contributed by atoms with Crippen molar-refractivity contribution in [1.82, 2.24) is 10.3 Å². The molecule has 0 unspecified atom stereocenters. The monoisotopic (exact) mass is 455 g/mol. The van der Waals surface area contributed by atoms with Gasteiger partial charge in [0, 0.05) is 21.3 Å². The molecule has 0 bridgehead atoms. The summed E-state index contributed by atoms with van der Waals surface area (Å²) in [4.78, 5) is 4.17. The lowest BCUT2D eigenvalue weighted by Crippen LogP contribution is -2.28. The third-order valence-corrected chi connectivity index (χ3v) is 4.47. The fourth-order valence-electron chi connectivity index (χ4n) is 2.07. The third-order valence-electron chi connectivity index (χ3n) is 3.25. The number of benzene rings is 1. The van der Waals surface area contributed by atoms with Crippen molar-refractivity contribution < 1.29 is 4.42 Å². The van der Waals surface area contributed by atoms with E-state index in [0.717, 1.165) is 21.6 Å². The number of thiocarbonyl (C=S) groups is 1. The van der Waals surface area contributed by atoms with E-state index in [0.29, 0.717) is 27.5 Å². The molecule has 2 heterocycles. The zero-order valence-corrected chi connectivity index (χ0v) is 16.6. The minimum atomic E-state index is 0.404. The topological polar surface area (TPSA) is 50.1 Å². The van der Waals surface area contributed by atoms with E-state index < -0.39 is 0 Å². The first kappa shape index (κ1) is 18.2. The Labute approximate surface area is 168 Å². The number of anilines is 1. The van der Waals surface area contributed by atoms with Crippen LogP contribution >= 0.6 is 51.3 Å². The second-order valence-electron chi connectivity index (χ2n) is 5.06. The van der Waals surface area contributed by atoms with Gasteiger partial charge in [-0.25, -0.2) is 4.98 Å². The number of furan rings is 1. The minimum absolute atomic E-state index is 0.404. The van der Waals surface area contributed by atoms with Gasteiger partial charge in [-0.3, -0.25) is 0 Å². The van der Waals surface area contributed by atoms with E-state index in [-0.39, 0.29) is 0 Å². The van der Waals surface area contributed by atoms with E-state index in [1.807, 2.05) is 36.4 Å². The van der Waals surface area contributed by atoms with Gasteiger partial charge < -0.3 is 15.1 Å². The van der Waals surface area contributed by atoms with Gasteiger partial charge in [0.2, 0.25) is 0 Å². The fraction of sp³-hybridized carbons (Fsp3) is 0.0588. The highest BCUT2D eigenvalue weighted by atomic mass is 79.9. The first-order valence-corrected chi connectivity index (χ1v) is 9.17. The molecule has 0 radical (unpaired) electrons. The molecule has 0 aliphatic carbocycles. The van der Waals surface area contributed by atoms with Gasteiger partial charge in [0.25, 0.3) is 0 Å². The average molecular weight is 457 g/mol. The van der Waals surface area contributed by atoms with Crippen LogP contribution in [0.25, 0.3) is 11.3 Å². The number of hydrogen-bond donors (Lipinski definition) is 2. The summed E-state index contributed by atoms with van der Waals surface area (Å²) < 4.78 is 6.61. The van der Waals surface area contributed by atoms with Crippen LogP contribution in [0.15, 0.2) is 57.6 Å². The number of halogens is 3. The Hall–Kier alpha value is -1.60. The molecule has 0 saturated heterocycles. The van der Waals surface area contributed by atoms with Crippen LogP contribution in [0.1, 0.15) is 5.76 Å². The quantitative estimate of drug-likeness (QED) is 0.478. The molecular formula is C17H12BrCl2N3OS. The van der Waals surface area contributed by atoms with Crippen LogP contribution in [-0.2, 0) is 6.54 Å². The lowest BCUT2D eigenvalue weighted by molar-refractivity contribution is 0.516. The Bertz CT molecular complexity index is 899. The van der Waals surface area contributed by atoms with Gasteiger partial charge in [0.1, 0.15) is 11.5 Å². The SMILES string of the molecule is S=C(NCc1ccc(-c2ccc(Cl)cc2)o1)Nc1ncc(Br)cc1Cl. The molecule has 25 heavy (non-hydrogen) atoms. The zero-order chi connectivity index (χ0) is 17.8. The molecule has 3 aromatic rings. The molecule has 8 heteroatoms. The number of hydrogen-bond acceptors (Lipinski definition) is 3. The molecule has 0 aliphatic heterocycles. The summed E-state index contributed by atoms with van der Waals surface area (Å²) in [5, 5.41) is 7.58. The summed E-state index contributed by atoms with van der Waals surface area (Å²) in [5.74, 6) is 2.01. The molecule has 2 aromatic heterocycles. The van der Waals surface area contributed by atoms with Crippen LogP contribution < -0.4 is 10.6 Å². The highest BCUT2D eigenvalue weighted by Crippen LogP contribution is 2.24. The summed E-state index contributed by atoms with van der Waals surface area (Å²) >= 11 is 20.6. The zero-order valence-electron chi connectivity index (χ0n) is 12.7. The van der Waals surface area contributed by atoms with Crippen LogP contribution in [0.3, 0.4) is 0 Å². The van der Waals surface area contributed by atoms with Gasteiger partial charge in [-0.1, -0.05) is 23.2 Å². The first-order valence-electron chi connectivity index (χ1n) is 7.22. The molecule has 128 valence electrons. The van der Waals surface area contributed by atoms with Crippen molar-refractivity contribution in [3.8, 4) is 11.3 Å². The Kier molecular flexibility index (Phi) is 5.96. The minimum Gasteiger partial charge on any atom is -0.459 e. The number of pyridine rings is 1. The van der Waals surface area contributed by atoms with Crippen molar-refractivity contribution in [3.63, 3.8) is 0 Å². The second-order valence-corrected chi connectivity index (χ2v) is 7.23. The fourth-order valence-corrected chi connectivity index (χ4v) is 3.04. The van der Waals surface area contributed by atoms with Gasteiger partial charge in [-0.15, -0.1) is 0 Å². The molecule has 0 saturated carbocycles. The van der Waals surface area contributed by atoms with Gasteiger partial charge >= 0.3 is 0 Å². The molecular weight excluding hydrogens is 445 g/mol. The third kappa shape index (κ3) is 4.95. The van der Waals surface area contributed by atoms with Crippen LogP contribution in [0, 0.1) is 0 Å². The van der Waals surface area contributed by atoms with Crippen LogP contribution in [-0.4, -0.2) is 10.1 Å². The summed E-state index contributed by atoms with van der Waals surface area (Å²) in [7, 11) is 0. The van der Waals surface area contributed by atoms with Crippen LogP contribution in [0.2, 0.25) is 10.0 Å². The predicted molar refractivity (Wildman–Crippen MR) is 109 cm³/mol. The molecule has 4 nitrogen and oxygen atoms in total. The smallest absolute Gasteiger partial charge is 0.172 e. The molecule has 0 fully saturated rings. The first-order chi connectivity index (χ1) is 12.0. The largest absolute Gasteiger partial charge is 0.459 e. The van der Waals surface area contributed by atoms with Gasteiger partial charge in [-0.05, 0) is 70.6 Å². The normalized spacial score (nSPS) is 10.5. The van der Waals surface area contributed by atoms with Crippen molar-refractivity contribution in [2.75, 3.05) is 5.32 Å². The highest BCUT2D eigenvalue weighted by molar-refractivity contribution is 9.10. The lowest BCUT2D eigenvalue weighted by Gasteiger charge is -2.10. The molecule has 0 spiro atoms. The predicted octanol–water partition coefficient (Wildman–Crippen LogP) is 5.90. The van der Waals surface area contributed by atoms with Gasteiger partial charge in [0.05, 0.1) is 11.6 Å². The van der Waals surface area contributed by atoms with Crippen molar-refractivity contribution in [2.45, 2.75) is 6.54 Å². The number of rotatable bonds is 4. The van der Waals surface area contributed by atoms with E-state index in [1.54, 1.807) is 12.3 Å². The Morgan fingerprint density at radius 3 is 2.64 bits per heavy atom. The molecule has 1 aromatic carbocycles. The maximum Gasteiger partial charge on any atom is 0.172 e. The molecule has 0 amide bonds. The van der Waals surface area contributed by atoms with Crippen molar-refractivity contribution >= 4 is 62.3 Å². The Balaban J connectivity index is 1.58. The number of aromatic nitrogens is 1. The van der Waals surface area contributed by atoms with E-state index in [9.17, 15) is 0 Å². The van der Waals surface area contributed by atoms with Gasteiger partial charge in [0.15, 0.2) is 10.9 Å². The van der Waals surface area contributed by atoms with E-state index in [2.05, 4.69) is 31.5 Å². The Morgan fingerprint density at radius 1 is 1.16 bits per heavy atom. The maximum absolute atomic E-state index is 6.10. The summed E-state index contributed by atoms with van der Waals surface area (Å²) in [6.45, 7) is 0.438. The van der Waals surface area contributed by atoms with Crippen LogP contribution in [0.5, 0.6) is 0 Å². The molecule has 2 N–H and O–H groups in total. The summed E-state index contributed by atoms with van der Waals surface area (Å²) in [6, 6.07) is 13.0. The van der Waals surface area contributed by atoms with Gasteiger partial charge in [-0.2, -0.15) is 0 Å². The molecule has 0 atom stereocenters. The number of nitrogens with one attached hydrogen (secondary N) is 2. The summed E-state index contributed by atoms with van der Waals surface area (Å²) in [6.07, 6.45) is 1.64. The standard InChI is InChI=1S/C17H12BrCl2N3OS/c18-11-7-14(20)16(21-8-11)23-17(25)22-9-13-5-6-15(24-13)10-1-3-12(19)4-2-10/h1-8H,9H2,(H2,21,22,23,25). The van der Waals surface area contributed by atoms with Crippen molar-refractivity contribution in [3.05, 3.63) is 68.9 Å². The average Bonchev–Trinajstić information content (AvgIpc) is 3.05. The van der Waals surface area contributed by atoms with Crippen molar-refractivity contribution in [1.29, 1.82) is 0 Å². The molecule has 0 aliphatic rings. The second kappa shape index (κ2) is 8.19. The number of nitrogens with zero attached hydrogens (tertiary/aromatic N) is 1. The molecule has 3 rings (SSSR count). The lowest BCUT2D eigenvalue weighted by atomic mass is 10.2. The summed E-state index contributed by atoms with van der Waals surface area (Å²) in [5.41, 5.74) is 0.960. The maximum atomic E-state index is 6.10. The Morgan fingerprint density at radius 2 is 1.92 bits per heavy atom. The van der Waals surface area contributed by atoms with E-state index >= 15 is 0 Å². The highest BCUT2D eigenvalue weighted by Gasteiger charge is 2.07. The van der Waals surface area contributed by atoms with E-state index in [4.69, 9.17) is 39.8 Å². The van der Waals surface area contributed by atoms with Crippen molar-refractivity contribution in [2.24, 2.45) is 0 Å². The van der Waals surface area contributed by atoms with Crippen LogP contribution in [0.4, 0.5) is 5.82 Å². The van der Waals surface area contributed by atoms with E-state index in [1.165, 1.54) is 0 Å².